The SMILES string of the molecule is CCNC(=NCc1ccc(F)c(C)c1)NCCNC(=O)c1ccccc1. The Balaban J connectivity index is 1.81. The molecule has 0 aromatic heterocycles. The van der Waals surface area contributed by atoms with Gasteiger partial charge in [0.05, 0.1) is 6.54 Å². The van der Waals surface area contributed by atoms with Gasteiger partial charge in [0.1, 0.15) is 5.82 Å². The number of halogens is 1. The first kappa shape index (κ1) is 19.4. The summed E-state index contributed by atoms with van der Waals surface area (Å²) in [5.41, 5.74) is 2.19. The van der Waals surface area contributed by atoms with Gasteiger partial charge in [0, 0.05) is 25.2 Å². The summed E-state index contributed by atoms with van der Waals surface area (Å²) >= 11 is 0. The monoisotopic (exact) mass is 356 g/mol. The highest BCUT2D eigenvalue weighted by Crippen LogP contribution is 2.09. The highest BCUT2D eigenvalue weighted by molar-refractivity contribution is 5.94. The molecule has 0 spiro atoms. The van der Waals surface area contributed by atoms with Crippen LogP contribution in [-0.2, 0) is 6.54 Å². The minimum Gasteiger partial charge on any atom is -0.357 e. The molecule has 0 atom stereocenters. The van der Waals surface area contributed by atoms with Crippen molar-refractivity contribution in [2.45, 2.75) is 20.4 Å². The van der Waals surface area contributed by atoms with E-state index in [2.05, 4.69) is 20.9 Å². The third kappa shape index (κ3) is 6.20. The van der Waals surface area contributed by atoms with Gasteiger partial charge in [0.25, 0.3) is 5.91 Å². The summed E-state index contributed by atoms with van der Waals surface area (Å²) in [5.74, 6) is 0.344. The number of aliphatic imine (C=N–C) groups is 1. The van der Waals surface area contributed by atoms with Crippen LogP contribution in [0.5, 0.6) is 0 Å². The Hall–Kier alpha value is -2.89. The van der Waals surface area contributed by atoms with Crippen LogP contribution in [0.25, 0.3) is 0 Å². The molecular weight excluding hydrogens is 331 g/mol. The van der Waals surface area contributed by atoms with Crippen molar-refractivity contribution in [2.24, 2.45) is 4.99 Å². The number of carbonyl (C=O) groups excluding carboxylic acids is 1. The Morgan fingerprint density at radius 2 is 1.77 bits per heavy atom. The molecule has 3 N–H and O–H groups in total. The number of hydrogen-bond acceptors (Lipinski definition) is 2. The smallest absolute Gasteiger partial charge is 0.251 e. The van der Waals surface area contributed by atoms with Crippen LogP contribution in [0.3, 0.4) is 0 Å². The molecule has 0 heterocycles. The molecule has 0 radical (unpaired) electrons. The summed E-state index contributed by atoms with van der Waals surface area (Å²) in [6.45, 7) is 5.93. The Morgan fingerprint density at radius 3 is 2.46 bits per heavy atom. The number of benzene rings is 2. The molecule has 0 unspecified atom stereocenters. The lowest BCUT2D eigenvalue weighted by Crippen LogP contribution is -2.41. The molecule has 0 aliphatic heterocycles. The lowest BCUT2D eigenvalue weighted by atomic mass is 10.1. The van der Waals surface area contributed by atoms with Crippen molar-refractivity contribution in [1.29, 1.82) is 0 Å². The van der Waals surface area contributed by atoms with E-state index in [0.717, 1.165) is 12.1 Å². The zero-order valence-corrected chi connectivity index (χ0v) is 15.2. The van der Waals surface area contributed by atoms with Crippen molar-refractivity contribution in [3.63, 3.8) is 0 Å². The Morgan fingerprint density at radius 1 is 1.04 bits per heavy atom. The maximum atomic E-state index is 13.3. The third-order valence-corrected chi connectivity index (χ3v) is 3.73. The van der Waals surface area contributed by atoms with Gasteiger partial charge >= 0.3 is 0 Å². The molecule has 1 amide bonds. The van der Waals surface area contributed by atoms with E-state index in [1.807, 2.05) is 25.1 Å². The van der Waals surface area contributed by atoms with Crippen molar-refractivity contribution in [2.75, 3.05) is 19.6 Å². The Bertz CT molecular complexity index is 747. The number of rotatable bonds is 7. The lowest BCUT2D eigenvalue weighted by Gasteiger charge is -2.12. The molecule has 0 saturated carbocycles. The van der Waals surface area contributed by atoms with E-state index >= 15 is 0 Å². The normalized spacial score (nSPS) is 11.1. The topological polar surface area (TPSA) is 65.5 Å². The number of carbonyl (C=O) groups is 1. The zero-order chi connectivity index (χ0) is 18.8. The van der Waals surface area contributed by atoms with Crippen LogP contribution in [-0.4, -0.2) is 31.5 Å². The second-order valence-corrected chi connectivity index (χ2v) is 5.83. The summed E-state index contributed by atoms with van der Waals surface area (Å²) in [6.07, 6.45) is 0. The molecule has 138 valence electrons. The fourth-order valence-electron chi connectivity index (χ4n) is 2.37. The van der Waals surface area contributed by atoms with Crippen LogP contribution < -0.4 is 16.0 Å². The standard InChI is InChI=1S/C20H25FN4O/c1-3-22-20(25-14-16-9-10-18(21)15(2)13-16)24-12-11-23-19(26)17-7-5-4-6-8-17/h4-10,13H,3,11-12,14H2,1-2H3,(H,23,26)(H2,22,24,25). The molecule has 2 rings (SSSR count). The van der Waals surface area contributed by atoms with Crippen molar-refractivity contribution in [3.8, 4) is 0 Å². The van der Waals surface area contributed by atoms with Gasteiger partial charge in [-0.2, -0.15) is 0 Å². The van der Waals surface area contributed by atoms with Crippen LogP contribution in [0.15, 0.2) is 53.5 Å². The zero-order valence-electron chi connectivity index (χ0n) is 15.2. The first-order valence-electron chi connectivity index (χ1n) is 8.70. The van der Waals surface area contributed by atoms with Crippen molar-refractivity contribution in [3.05, 3.63) is 71.0 Å². The van der Waals surface area contributed by atoms with Crippen molar-refractivity contribution in [1.82, 2.24) is 16.0 Å². The quantitative estimate of drug-likeness (QED) is 0.406. The van der Waals surface area contributed by atoms with E-state index in [0.29, 0.717) is 36.7 Å². The number of nitrogens with zero attached hydrogens (tertiary/aromatic N) is 1. The minimum atomic E-state index is -0.211. The van der Waals surface area contributed by atoms with Gasteiger partial charge in [-0.1, -0.05) is 30.3 Å². The highest BCUT2D eigenvalue weighted by Gasteiger charge is 2.04. The van der Waals surface area contributed by atoms with E-state index in [1.165, 1.54) is 6.07 Å². The van der Waals surface area contributed by atoms with Crippen LogP contribution in [0.2, 0.25) is 0 Å². The number of hydrogen-bond donors (Lipinski definition) is 3. The molecule has 0 aliphatic rings. The lowest BCUT2D eigenvalue weighted by molar-refractivity contribution is 0.0954. The molecule has 0 saturated heterocycles. The number of guanidine groups is 1. The molecule has 2 aromatic rings. The Labute approximate surface area is 153 Å². The average Bonchev–Trinajstić information content (AvgIpc) is 2.66. The number of amides is 1. The van der Waals surface area contributed by atoms with Gasteiger partial charge in [0.2, 0.25) is 0 Å². The first-order chi connectivity index (χ1) is 12.6. The minimum absolute atomic E-state index is 0.101. The second-order valence-electron chi connectivity index (χ2n) is 5.83. The third-order valence-electron chi connectivity index (χ3n) is 3.73. The van der Waals surface area contributed by atoms with Gasteiger partial charge in [-0.05, 0) is 43.2 Å². The molecule has 2 aromatic carbocycles. The Kier molecular flexibility index (Phi) is 7.61. The predicted octanol–water partition coefficient (Wildman–Crippen LogP) is 2.62. The van der Waals surface area contributed by atoms with E-state index in [1.54, 1.807) is 31.2 Å². The van der Waals surface area contributed by atoms with Crippen LogP contribution in [0.4, 0.5) is 4.39 Å². The molecule has 0 fully saturated rings. The molecule has 0 aliphatic carbocycles. The van der Waals surface area contributed by atoms with Crippen LogP contribution in [0, 0.1) is 12.7 Å². The van der Waals surface area contributed by atoms with Gasteiger partial charge in [0.15, 0.2) is 5.96 Å². The van der Waals surface area contributed by atoms with Gasteiger partial charge in [-0.15, -0.1) is 0 Å². The molecule has 6 heteroatoms. The number of nitrogens with one attached hydrogen (secondary N) is 3. The van der Waals surface area contributed by atoms with Crippen LogP contribution in [0.1, 0.15) is 28.4 Å². The molecule has 0 bridgehead atoms. The van der Waals surface area contributed by atoms with Crippen molar-refractivity contribution < 1.29 is 9.18 Å². The molecule has 26 heavy (non-hydrogen) atoms. The van der Waals surface area contributed by atoms with E-state index in [-0.39, 0.29) is 11.7 Å². The summed E-state index contributed by atoms with van der Waals surface area (Å²) in [4.78, 5) is 16.5. The van der Waals surface area contributed by atoms with E-state index in [4.69, 9.17) is 0 Å². The largest absolute Gasteiger partial charge is 0.357 e. The summed E-state index contributed by atoms with van der Waals surface area (Å²) in [5, 5.41) is 9.18. The van der Waals surface area contributed by atoms with Gasteiger partial charge < -0.3 is 16.0 Å². The van der Waals surface area contributed by atoms with Gasteiger partial charge in [-0.25, -0.2) is 9.38 Å². The predicted molar refractivity (Wildman–Crippen MR) is 103 cm³/mol. The number of aryl methyl sites for hydroxylation is 1. The van der Waals surface area contributed by atoms with Crippen LogP contribution >= 0.6 is 0 Å². The van der Waals surface area contributed by atoms with Gasteiger partial charge in [-0.3, -0.25) is 4.79 Å². The highest BCUT2D eigenvalue weighted by atomic mass is 19.1. The van der Waals surface area contributed by atoms with E-state index < -0.39 is 0 Å². The van der Waals surface area contributed by atoms with E-state index in [9.17, 15) is 9.18 Å². The molecular formula is C20H25FN4O. The molecule has 5 nitrogen and oxygen atoms in total. The average molecular weight is 356 g/mol. The fourth-order valence-corrected chi connectivity index (χ4v) is 2.37. The summed E-state index contributed by atoms with van der Waals surface area (Å²) < 4.78 is 13.3. The maximum absolute atomic E-state index is 13.3. The first-order valence-corrected chi connectivity index (χ1v) is 8.70. The van der Waals surface area contributed by atoms with Crippen molar-refractivity contribution >= 4 is 11.9 Å². The maximum Gasteiger partial charge on any atom is 0.251 e. The summed E-state index contributed by atoms with van der Waals surface area (Å²) in [6, 6.07) is 14.1. The summed E-state index contributed by atoms with van der Waals surface area (Å²) in [7, 11) is 0. The fraction of sp³-hybridized carbons (Fsp3) is 0.300. The second kappa shape index (κ2) is 10.2.